The molecule has 0 aliphatic rings. The minimum absolute atomic E-state index is 0.394. The summed E-state index contributed by atoms with van der Waals surface area (Å²) in [4.78, 5) is 0. The Morgan fingerprint density at radius 2 is 1.85 bits per heavy atom. The van der Waals surface area contributed by atoms with Crippen LogP contribution in [0.1, 0.15) is 28.8 Å². The summed E-state index contributed by atoms with van der Waals surface area (Å²) in [5.74, 6) is 1.13. The van der Waals surface area contributed by atoms with Gasteiger partial charge in [0.05, 0.1) is 6.54 Å². The number of nitrogens with zero attached hydrogens (tertiary/aromatic N) is 4. The molecule has 130 valence electrons. The van der Waals surface area contributed by atoms with Crippen LogP contribution in [0.5, 0.6) is 0 Å². The topological polar surface area (TPSA) is 77.0 Å². The van der Waals surface area contributed by atoms with Gasteiger partial charge in [0.25, 0.3) is 0 Å². The van der Waals surface area contributed by atoms with E-state index in [2.05, 4.69) is 15.4 Å². The molecule has 2 aromatic carbocycles. The van der Waals surface area contributed by atoms with Gasteiger partial charge in [-0.15, -0.1) is 10.2 Å². The summed E-state index contributed by atoms with van der Waals surface area (Å²) in [6.07, 6.45) is 0.730. The maximum Gasteiger partial charge on any atom is 0.166 e. The third-order valence-corrected chi connectivity index (χ3v) is 4.24. The van der Waals surface area contributed by atoms with E-state index in [0.717, 1.165) is 16.8 Å². The normalized spacial score (nSPS) is 12.2. The first kappa shape index (κ1) is 16.2. The molecule has 0 amide bonds. The zero-order chi connectivity index (χ0) is 17.9. The summed E-state index contributed by atoms with van der Waals surface area (Å²) < 4.78 is 7.22. The number of hydrogen-bond acceptors (Lipinski definition) is 5. The summed E-state index contributed by atoms with van der Waals surface area (Å²) in [6.45, 7) is 2.44. The Morgan fingerprint density at radius 3 is 2.62 bits per heavy atom. The molecule has 2 aromatic heterocycles. The maximum atomic E-state index is 10.6. The lowest BCUT2D eigenvalue weighted by Gasteiger charge is -2.11. The number of benzene rings is 2. The van der Waals surface area contributed by atoms with Gasteiger partial charge in [-0.3, -0.25) is 0 Å². The molecule has 2 heterocycles. The van der Waals surface area contributed by atoms with Crippen LogP contribution in [0.4, 0.5) is 0 Å². The van der Waals surface area contributed by atoms with Crippen LogP contribution >= 0.6 is 0 Å². The largest absolute Gasteiger partial charge is 0.380 e. The molecule has 1 unspecified atom stereocenters. The van der Waals surface area contributed by atoms with Crippen molar-refractivity contribution in [3.05, 3.63) is 89.7 Å². The lowest BCUT2D eigenvalue weighted by atomic mass is 10.1. The van der Waals surface area contributed by atoms with Crippen molar-refractivity contribution in [3.63, 3.8) is 0 Å². The molecule has 0 aliphatic carbocycles. The van der Waals surface area contributed by atoms with Gasteiger partial charge in [0.15, 0.2) is 11.6 Å². The fourth-order valence-corrected chi connectivity index (χ4v) is 2.80. The van der Waals surface area contributed by atoms with Crippen molar-refractivity contribution in [2.24, 2.45) is 0 Å². The predicted octanol–water partition coefficient (Wildman–Crippen LogP) is 3.37. The van der Waals surface area contributed by atoms with Crippen LogP contribution in [0.25, 0.3) is 11.3 Å². The van der Waals surface area contributed by atoms with Crippen LogP contribution in [0.2, 0.25) is 0 Å². The molecule has 0 spiro atoms. The summed E-state index contributed by atoms with van der Waals surface area (Å²) in [6, 6.07) is 19.4. The van der Waals surface area contributed by atoms with E-state index < -0.39 is 6.10 Å². The Balaban J connectivity index is 1.56. The standard InChI is InChI=1S/C20H18N4O2/c1-14-7-9-15(10-8-14)18-11-17(26-23-18)12-24-13-21-22-20(24)19(25)16-5-3-2-4-6-16/h2-11,13,19,25H,12H2,1H3. The molecule has 6 heteroatoms. The highest BCUT2D eigenvalue weighted by atomic mass is 16.5. The third kappa shape index (κ3) is 3.27. The molecule has 0 saturated heterocycles. The van der Waals surface area contributed by atoms with Crippen molar-refractivity contribution in [2.75, 3.05) is 0 Å². The smallest absolute Gasteiger partial charge is 0.166 e. The SMILES string of the molecule is Cc1ccc(-c2cc(Cn3cnnc3C(O)c3ccccc3)on2)cc1. The van der Waals surface area contributed by atoms with Crippen LogP contribution in [0, 0.1) is 6.92 Å². The van der Waals surface area contributed by atoms with E-state index in [0.29, 0.717) is 18.1 Å². The molecule has 0 fully saturated rings. The third-order valence-electron chi connectivity index (χ3n) is 4.24. The first-order chi connectivity index (χ1) is 12.7. The monoisotopic (exact) mass is 346 g/mol. The maximum absolute atomic E-state index is 10.6. The van der Waals surface area contributed by atoms with Crippen molar-refractivity contribution in [1.82, 2.24) is 19.9 Å². The van der Waals surface area contributed by atoms with E-state index in [9.17, 15) is 5.11 Å². The molecule has 26 heavy (non-hydrogen) atoms. The summed E-state index contributed by atoms with van der Waals surface area (Å²) >= 11 is 0. The second kappa shape index (κ2) is 6.93. The van der Waals surface area contributed by atoms with E-state index in [1.165, 1.54) is 5.56 Å². The van der Waals surface area contributed by atoms with Gasteiger partial charge in [-0.05, 0) is 12.5 Å². The number of aliphatic hydroxyl groups is 1. The number of hydrogen-bond donors (Lipinski definition) is 1. The highest BCUT2D eigenvalue weighted by molar-refractivity contribution is 5.59. The molecule has 4 aromatic rings. The molecule has 0 saturated carbocycles. The number of aryl methyl sites for hydroxylation is 1. The van der Waals surface area contributed by atoms with E-state index in [-0.39, 0.29) is 0 Å². The molecular weight excluding hydrogens is 328 g/mol. The van der Waals surface area contributed by atoms with Gasteiger partial charge in [0, 0.05) is 11.6 Å². The van der Waals surface area contributed by atoms with E-state index >= 15 is 0 Å². The quantitative estimate of drug-likeness (QED) is 0.599. The van der Waals surface area contributed by atoms with Crippen LogP contribution in [0.15, 0.2) is 71.5 Å². The Kier molecular flexibility index (Phi) is 4.33. The van der Waals surface area contributed by atoms with Crippen molar-refractivity contribution in [3.8, 4) is 11.3 Å². The molecule has 1 atom stereocenters. The zero-order valence-electron chi connectivity index (χ0n) is 14.3. The van der Waals surface area contributed by atoms with Gasteiger partial charge in [0.2, 0.25) is 0 Å². The first-order valence-electron chi connectivity index (χ1n) is 8.34. The lowest BCUT2D eigenvalue weighted by molar-refractivity contribution is 0.204. The summed E-state index contributed by atoms with van der Waals surface area (Å²) in [5.41, 5.74) is 3.73. The van der Waals surface area contributed by atoms with Crippen molar-refractivity contribution in [2.45, 2.75) is 19.6 Å². The van der Waals surface area contributed by atoms with Crippen LogP contribution in [0.3, 0.4) is 0 Å². The molecule has 0 bridgehead atoms. The van der Waals surface area contributed by atoms with Gasteiger partial charge in [-0.2, -0.15) is 0 Å². The molecule has 1 N–H and O–H groups in total. The van der Waals surface area contributed by atoms with Gasteiger partial charge in [-0.1, -0.05) is 65.3 Å². The second-order valence-electron chi connectivity index (χ2n) is 6.17. The minimum atomic E-state index is -0.849. The van der Waals surface area contributed by atoms with E-state index in [1.807, 2.05) is 67.6 Å². The molecule has 0 radical (unpaired) electrons. The van der Waals surface area contributed by atoms with E-state index in [1.54, 1.807) is 10.9 Å². The fraction of sp³-hybridized carbons (Fsp3) is 0.150. The number of rotatable bonds is 5. The number of aromatic nitrogens is 4. The Bertz CT molecular complexity index is 990. The van der Waals surface area contributed by atoms with Crippen LogP contribution in [-0.4, -0.2) is 25.0 Å². The van der Waals surface area contributed by atoms with Crippen LogP contribution in [-0.2, 0) is 6.54 Å². The van der Waals surface area contributed by atoms with Crippen molar-refractivity contribution < 1.29 is 9.63 Å². The molecular formula is C20H18N4O2. The highest BCUT2D eigenvalue weighted by Crippen LogP contribution is 2.23. The van der Waals surface area contributed by atoms with Gasteiger partial charge >= 0.3 is 0 Å². The summed E-state index contributed by atoms with van der Waals surface area (Å²) in [5, 5.41) is 22.7. The molecule has 6 nitrogen and oxygen atoms in total. The average molecular weight is 346 g/mol. The lowest BCUT2D eigenvalue weighted by Crippen LogP contribution is -2.10. The zero-order valence-corrected chi connectivity index (χ0v) is 14.3. The second-order valence-corrected chi connectivity index (χ2v) is 6.17. The van der Waals surface area contributed by atoms with Gasteiger partial charge in [0.1, 0.15) is 18.1 Å². The van der Waals surface area contributed by atoms with Crippen LogP contribution < -0.4 is 0 Å². The van der Waals surface area contributed by atoms with Gasteiger partial charge in [-0.25, -0.2) is 0 Å². The van der Waals surface area contributed by atoms with Crippen molar-refractivity contribution in [1.29, 1.82) is 0 Å². The first-order valence-corrected chi connectivity index (χ1v) is 8.34. The molecule has 4 rings (SSSR count). The fourth-order valence-electron chi connectivity index (χ4n) is 2.80. The molecule has 0 aliphatic heterocycles. The highest BCUT2D eigenvalue weighted by Gasteiger charge is 2.18. The Labute approximate surface area is 150 Å². The van der Waals surface area contributed by atoms with Gasteiger partial charge < -0.3 is 14.2 Å². The average Bonchev–Trinajstić information content (AvgIpc) is 3.33. The van der Waals surface area contributed by atoms with Crippen molar-refractivity contribution >= 4 is 0 Å². The predicted molar refractivity (Wildman–Crippen MR) is 96.3 cm³/mol. The number of aliphatic hydroxyl groups excluding tert-OH is 1. The summed E-state index contributed by atoms with van der Waals surface area (Å²) in [7, 11) is 0. The van der Waals surface area contributed by atoms with E-state index in [4.69, 9.17) is 4.52 Å². The minimum Gasteiger partial charge on any atom is -0.380 e. The Morgan fingerprint density at radius 1 is 1.08 bits per heavy atom. The Hall–Kier alpha value is -3.25.